The van der Waals surface area contributed by atoms with Crippen LogP contribution < -0.4 is 0 Å². The van der Waals surface area contributed by atoms with Gasteiger partial charge in [-0.15, -0.1) is 0 Å². The average molecular weight is 266 g/mol. The molecule has 0 aliphatic heterocycles. The standard InChI is InChI=1S/C8H10O6S2/c1-2-6-3-4-7(15(9,10)11)5-8(6)16(12,13)14/h3-5H,2H2,1H3,(H,9,10,11)(H,12,13,14). The smallest absolute Gasteiger partial charge is 0.282 e. The highest BCUT2D eigenvalue weighted by atomic mass is 32.2. The van der Waals surface area contributed by atoms with Crippen molar-refractivity contribution in [2.75, 3.05) is 0 Å². The van der Waals surface area contributed by atoms with Crippen molar-refractivity contribution in [1.82, 2.24) is 0 Å². The van der Waals surface area contributed by atoms with E-state index in [1.807, 2.05) is 0 Å². The molecule has 0 saturated heterocycles. The Labute approximate surface area is 93.4 Å². The van der Waals surface area contributed by atoms with Crippen LogP contribution in [0.4, 0.5) is 0 Å². The molecule has 0 saturated carbocycles. The second kappa shape index (κ2) is 4.13. The van der Waals surface area contributed by atoms with Gasteiger partial charge >= 0.3 is 0 Å². The van der Waals surface area contributed by atoms with Crippen LogP contribution in [0, 0.1) is 0 Å². The minimum atomic E-state index is -4.50. The number of benzene rings is 1. The van der Waals surface area contributed by atoms with Crippen LogP contribution in [0.3, 0.4) is 0 Å². The third-order valence-corrected chi connectivity index (χ3v) is 3.78. The Morgan fingerprint density at radius 3 is 2.00 bits per heavy atom. The van der Waals surface area contributed by atoms with E-state index in [1.54, 1.807) is 6.92 Å². The molecule has 0 aliphatic carbocycles. The van der Waals surface area contributed by atoms with E-state index in [0.717, 1.165) is 12.1 Å². The summed E-state index contributed by atoms with van der Waals surface area (Å²) in [5.74, 6) is 0. The quantitative estimate of drug-likeness (QED) is 0.781. The fraction of sp³-hybridized carbons (Fsp3) is 0.250. The van der Waals surface area contributed by atoms with Crippen LogP contribution in [-0.2, 0) is 26.7 Å². The number of hydrogen-bond acceptors (Lipinski definition) is 4. The summed E-state index contributed by atoms with van der Waals surface area (Å²) in [5.41, 5.74) is 0.273. The van der Waals surface area contributed by atoms with Gasteiger partial charge in [0.2, 0.25) is 0 Å². The molecule has 0 unspecified atom stereocenters. The summed E-state index contributed by atoms with van der Waals surface area (Å²) >= 11 is 0. The summed E-state index contributed by atoms with van der Waals surface area (Å²) < 4.78 is 61.1. The van der Waals surface area contributed by atoms with E-state index in [4.69, 9.17) is 9.11 Å². The molecular weight excluding hydrogens is 256 g/mol. The molecule has 0 radical (unpaired) electrons. The second-order valence-corrected chi connectivity index (χ2v) is 5.88. The van der Waals surface area contributed by atoms with Crippen LogP contribution in [0.15, 0.2) is 28.0 Å². The Bertz CT molecular complexity index is 599. The monoisotopic (exact) mass is 266 g/mol. The van der Waals surface area contributed by atoms with Gasteiger partial charge < -0.3 is 0 Å². The maximum Gasteiger partial charge on any atom is 0.294 e. The molecule has 0 aromatic heterocycles. The predicted molar refractivity (Wildman–Crippen MR) is 55.4 cm³/mol. The molecule has 16 heavy (non-hydrogen) atoms. The molecule has 1 aromatic rings. The van der Waals surface area contributed by atoms with Gasteiger partial charge in [-0.25, -0.2) is 0 Å². The van der Waals surface area contributed by atoms with E-state index in [2.05, 4.69) is 0 Å². The lowest BCUT2D eigenvalue weighted by molar-refractivity contribution is 0.480. The maximum absolute atomic E-state index is 11.0. The molecule has 2 N–H and O–H groups in total. The third-order valence-electron chi connectivity index (χ3n) is 2.00. The summed E-state index contributed by atoms with van der Waals surface area (Å²) in [5, 5.41) is 0. The molecule has 0 fully saturated rings. The van der Waals surface area contributed by atoms with Gasteiger partial charge in [-0.2, -0.15) is 16.8 Å². The Balaban J connectivity index is 3.58. The van der Waals surface area contributed by atoms with Crippen LogP contribution in [-0.4, -0.2) is 25.9 Å². The topological polar surface area (TPSA) is 109 Å². The Morgan fingerprint density at radius 1 is 1.06 bits per heavy atom. The highest BCUT2D eigenvalue weighted by molar-refractivity contribution is 7.86. The minimum Gasteiger partial charge on any atom is -0.282 e. The van der Waals surface area contributed by atoms with Crippen molar-refractivity contribution in [2.45, 2.75) is 23.1 Å². The fourth-order valence-corrected chi connectivity index (χ4v) is 2.63. The van der Waals surface area contributed by atoms with E-state index in [0.29, 0.717) is 6.42 Å². The zero-order valence-electron chi connectivity index (χ0n) is 8.28. The maximum atomic E-state index is 11.0. The zero-order valence-corrected chi connectivity index (χ0v) is 9.92. The van der Waals surface area contributed by atoms with Crippen LogP contribution >= 0.6 is 0 Å². The number of aryl methyl sites for hydroxylation is 1. The largest absolute Gasteiger partial charge is 0.294 e. The third kappa shape index (κ3) is 2.79. The Morgan fingerprint density at radius 2 is 1.62 bits per heavy atom. The fourth-order valence-electron chi connectivity index (χ4n) is 1.23. The summed E-state index contributed by atoms with van der Waals surface area (Å²) in [6, 6.07) is 3.03. The van der Waals surface area contributed by atoms with Gasteiger partial charge in [0.05, 0.1) is 9.79 Å². The molecule has 0 heterocycles. The van der Waals surface area contributed by atoms with Gasteiger partial charge in [-0.3, -0.25) is 9.11 Å². The molecule has 0 amide bonds. The number of rotatable bonds is 3. The van der Waals surface area contributed by atoms with Crippen LogP contribution in [0.1, 0.15) is 12.5 Å². The van der Waals surface area contributed by atoms with Crippen molar-refractivity contribution in [1.29, 1.82) is 0 Å². The van der Waals surface area contributed by atoms with Crippen LogP contribution in [0.5, 0.6) is 0 Å². The molecule has 1 aromatic carbocycles. The first-order valence-corrected chi connectivity index (χ1v) is 7.12. The van der Waals surface area contributed by atoms with Crippen molar-refractivity contribution in [3.05, 3.63) is 23.8 Å². The van der Waals surface area contributed by atoms with Crippen molar-refractivity contribution < 1.29 is 25.9 Å². The number of hydrogen-bond donors (Lipinski definition) is 2. The van der Waals surface area contributed by atoms with Crippen molar-refractivity contribution in [3.63, 3.8) is 0 Å². The molecule has 90 valence electrons. The van der Waals surface area contributed by atoms with Crippen molar-refractivity contribution in [2.24, 2.45) is 0 Å². The predicted octanol–water partition coefficient (Wildman–Crippen LogP) is 0.742. The molecule has 8 heteroatoms. The Hall–Kier alpha value is -0.960. The van der Waals surface area contributed by atoms with Gasteiger partial charge in [0.15, 0.2) is 0 Å². The molecule has 1 rings (SSSR count). The lowest BCUT2D eigenvalue weighted by Gasteiger charge is -2.06. The Kier molecular flexibility index (Phi) is 3.38. The lowest BCUT2D eigenvalue weighted by atomic mass is 10.2. The molecule has 6 nitrogen and oxygen atoms in total. The summed E-state index contributed by atoms with van der Waals surface area (Å²) in [6.45, 7) is 1.65. The average Bonchev–Trinajstić information content (AvgIpc) is 2.14. The molecule has 0 spiro atoms. The first-order chi connectivity index (χ1) is 7.16. The van der Waals surface area contributed by atoms with Gasteiger partial charge in [-0.05, 0) is 24.1 Å². The summed E-state index contributed by atoms with van der Waals surface area (Å²) in [6.07, 6.45) is 0.306. The van der Waals surface area contributed by atoms with E-state index >= 15 is 0 Å². The highest BCUT2D eigenvalue weighted by Crippen LogP contribution is 2.20. The molecule has 0 bridgehead atoms. The van der Waals surface area contributed by atoms with E-state index < -0.39 is 30.0 Å². The zero-order chi connectivity index (χ0) is 12.6. The first-order valence-electron chi connectivity index (χ1n) is 4.24. The van der Waals surface area contributed by atoms with Gasteiger partial charge in [0.1, 0.15) is 0 Å². The van der Waals surface area contributed by atoms with Crippen molar-refractivity contribution in [3.8, 4) is 0 Å². The van der Waals surface area contributed by atoms with Crippen LogP contribution in [0.25, 0.3) is 0 Å². The minimum absolute atomic E-state index is 0.273. The summed E-state index contributed by atoms with van der Waals surface area (Å²) in [4.78, 5) is -1.08. The van der Waals surface area contributed by atoms with E-state index in [1.165, 1.54) is 6.07 Å². The molecule has 0 atom stereocenters. The van der Waals surface area contributed by atoms with Gasteiger partial charge in [-0.1, -0.05) is 13.0 Å². The molecule has 0 aliphatic rings. The van der Waals surface area contributed by atoms with Crippen molar-refractivity contribution >= 4 is 20.2 Å². The first kappa shape index (κ1) is 13.1. The normalized spacial score (nSPS) is 12.7. The van der Waals surface area contributed by atoms with E-state index in [9.17, 15) is 16.8 Å². The van der Waals surface area contributed by atoms with Gasteiger partial charge in [0.25, 0.3) is 20.2 Å². The van der Waals surface area contributed by atoms with Gasteiger partial charge in [0, 0.05) is 0 Å². The van der Waals surface area contributed by atoms with Crippen LogP contribution in [0.2, 0.25) is 0 Å². The summed E-state index contributed by atoms with van der Waals surface area (Å²) in [7, 11) is -8.99. The van der Waals surface area contributed by atoms with E-state index in [-0.39, 0.29) is 5.56 Å². The second-order valence-electron chi connectivity index (χ2n) is 3.07. The molecular formula is C8H10O6S2. The lowest BCUT2D eigenvalue weighted by Crippen LogP contribution is -2.06. The SMILES string of the molecule is CCc1ccc(S(=O)(=O)O)cc1S(=O)(=O)O. The highest BCUT2D eigenvalue weighted by Gasteiger charge is 2.19.